The molecule has 3 aromatic heterocycles. The molecule has 80 heavy (non-hydrogen) atoms. The average Bonchev–Trinajstić information content (AvgIpc) is 4.10. The Bertz CT molecular complexity index is 3610. The number of rotatable bonds is 27. The molecule has 0 aliphatic carbocycles. The Morgan fingerprint density at radius 3 is 1.23 bits per heavy atom. The molecule has 0 N–H and O–H groups in total. The number of benzene rings is 7. The van der Waals surface area contributed by atoms with Gasteiger partial charge >= 0.3 is 0 Å². The summed E-state index contributed by atoms with van der Waals surface area (Å²) in [6.07, 6.45) is 8.45. The zero-order valence-electron chi connectivity index (χ0n) is 46.5. The quantitative estimate of drug-likeness (QED) is 0.0471. The summed E-state index contributed by atoms with van der Waals surface area (Å²) in [5.74, 6) is 0.622. The number of aromatic nitrogens is 4. The highest BCUT2D eigenvalue weighted by molar-refractivity contribution is 6.13. The van der Waals surface area contributed by atoms with E-state index >= 15 is 0 Å². The lowest BCUT2D eigenvalue weighted by Gasteiger charge is -2.40. The third kappa shape index (κ3) is 11.6. The molecule has 2 aliphatic heterocycles. The van der Waals surface area contributed by atoms with E-state index in [0.29, 0.717) is 25.8 Å². The molecule has 2 saturated heterocycles. The summed E-state index contributed by atoms with van der Waals surface area (Å²) < 4.78 is 40.4. The van der Waals surface area contributed by atoms with Crippen molar-refractivity contribution in [1.82, 2.24) is 19.1 Å². The Labute approximate surface area is 470 Å². The number of para-hydroxylation sites is 1. The van der Waals surface area contributed by atoms with Crippen LogP contribution in [-0.2, 0) is 41.6 Å². The maximum atomic E-state index is 6.38. The van der Waals surface area contributed by atoms with Crippen molar-refractivity contribution in [2.24, 2.45) is 10.8 Å². The van der Waals surface area contributed by atoms with Crippen molar-refractivity contribution in [3.8, 4) is 45.3 Å². The Morgan fingerprint density at radius 1 is 0.400 bits per heavy atom. The molecule has 0 atom stereocenters. The standard InChI is InChI=1S/C70H74N4O6/c1-3-69(47-79-48-69)45-77-36-18-8-16-34-75-43-51-26-30-64-58(38-51)60-40-55(28-32-65(60)73(64)57-24-14-7-15-25-57)56-29-33-67-61(41-56)59-39-52(44-76-35-17-9-19-37-78-46-70(4-2)49-80-50-70)27-31-66(59)74(67)68-71-62(53-20-10-5-11-21-53)42-63(72-68)54-22-12-6-13-23-54/h5-7,10-15,20-33,38-42H,3-4,8-9,16-19,34-37,43-50H2,1-2H3. The SMILES string of the molecule is CCC1(COCCCCCOCc2ccc3c(c2)c2cc(-c4ccc5c(c4)c4cc(COCCCCCOCC6(CC)COC6)ccc4n5-c4nc(-c5ccccc5)cc(-c5ccccc5)n4)ccc2n3-c2ccccc2)COC1. The van der Waals surface area contributed by atoms with Gasteiger partial charge in [0.25, 0.3) is 0 Å². The third-order valence-electron chi connectivity index (χ3n) is 16.7. The van der Waals surface area contributed by atoms with Crippen LogP contribution < -0.4 is 0 Å². The van der Waals surface area contributed by atoms with E-state index in [1.165, 1.54) is 21.9 Å². The molecule has 2 fully saturated rings. The minimum Gasteiger partial charge on any atom is -0.381 e. The van der Waals surface area contributed by atoms with E-state index in [1.54, 1.807) is 0 Å². The lowest BCUT2D eigenvalue weighted by Crippen LogP contribution is -2.45. The highest BCUT2D eigenvalue weighted by Gasteiger charge is 2.37. The minimum absolute atomic E-state index is 0.227. The summed E-state index contributed by atoms with van der Waals surface area (Å²) in [7, 11) is 0. The fraction of sp³-hybridized carbons (Fsp3) is 0.343. The number of nitrogens with zero attached hydrogens (tertiary/aromatic N) is 4. The number of hydrogen-bond donors (Lipinski definition) is 0. The summed E-state index contributed by atoms with van der Waals surface area (Å²) in [5, 5.41) is 4.65. The van der Waals surface area contributed by atoms with Gasteiger partial charge in [-0.15, -0.1) is 0 Å². The predicted octanol–water partition coefficient (Wildman–Crippen LogP) is 15.9. The minimum atomic E-state index is 0.227. The largest absolute Gasteiger partial charge is 0.381 e. The maximum Gasteiger partial charge on any atom is 0.235 e. The number of ether oxygens (including phenoxy) is 6. The van der Waals surface area contributed by atoms with Crippen molar-refractivity contribution in [2.45, 2.75) is 78.4 Å². The summed E-state index contributed by atoms with van der Waals surface area (Å²) in [6, 6.07) is 60.9. The molecule has 5 heterocycles. The van der Waals surface area contributed by atoms with Gasteiger partial charge in [-0.2, -0.15) is 0 Å². The highest BCUT2D eigenvalue weighted by atomic mass is 16.5. The van der Waals surface area contributed by atoms with Gasteiger partial charge in [0.2, 0.25) is 5.95 Å². The van der Waals surface area contributed by atoms with E-state index in [1.807, 2.05) is 12.1 Å². The summed E-state index contributed by atoms with van der Waals surface area (Å²) in [5.41, 5.74) is 14.4. The molecule has 7 aromatic carbocycles. The van der Waals surface area contributed by atoms with Gasteiger partial charge in [0.1, 0.15) is 0 Å². The smallest absolute Gasteiger partial charge is 0.235 e. The number of hydrogen-bond acceptors (Lipinski definition) is 8. The molecule has 0 bridgehead atoms. The molecule has 0 spiro atoms. The van der Waals surface area contributed by atoms with Gasteiger partial charge in [0, 0.05) is 75.6 Å². The highest BCUT2D eigenvalue weighted by Crippen LogP contribution is 2.40. The van der Waals surface area contributed by atoms with Gasteiger partial charge in [-0.05, 0) is 140 Å². The van der Waals surface area contributed by atoms with Crippen LogP contribution in [0.4, 0.5) is 0 Å². The van der Waals surface area contributed by atoms with Crippen LogP contribution in [0.2, 0.25) is 0 Å². The van der Waals surface area contributed by atoms with Crippen LogP contribution in [0.5, 0.6) is 0 Å². The van der Waals surface area contributed by atoms with E-state index in [2.05, 4.69) is 181 Å². The van der Waals surface area contributed by atoms with Crippen molar-refractivity contribution in [3.63, 3.8) is 0 Å². The van der Waals surface area contributed by atoms with Crippen LogP contribution >= 0.6 is 0 Å². The van der Waals surface area contributed by atoms with Gasteiger partial charge in [0.15, 0.2) is 0 Å². The molecule has 0 amide bonds. The first-order chi connectivity index (χ1) is 39.5. The lowest BCUT2D eigenvalue weighted by atomic mass is 9.84. The Kier molecular flexibility index (Phi) is 16.6. The van der Waals surface area contributed by atoms with Gasteiger partial charge in [-0.3, -0.25) is 4.57 Å². The van der Waals surface area contributed by atoms with Gasteiger partial charge in [-0.1, -0.05) is 117 Å². The third-order valence-corrected chi connectivity index (χ3v) is 16.7. The molecule has 2 aliphatic rings. The van der Waals surface area contributed by atoms with Crippen molar-refractivity contribution in [2.75, 3.05) is 66.1 Å². The van der Waals surface area contributed by atoms with E-state index in [9.17, 15) is 0 Å². The van der Waals surface area contributed by atoms with Gasteiger partial charge in [0.05, 0.1) is 86.3 Å². The monoisotopic (exact) mass is 1070 g/mol. The van der Waals surface area contributed by atoms with Crippen LogP contribution in [0.15, 0.2) is 170 Å². The van der Waals surface area contributed by atoms with Gasteiger partial charge < -0.3 is 33.0 Å². The average molecular weight is 1070 g/mol. The molecule has 410 valence electrons. The van der Waals surface area contributed by atoms with Crippen LogP contribution in [-0.4, -0.2) is 85.2 Å². The molecule has 0 radical (unpaired) electrons. The Balaban J connectivity index is 0.843. The van der Waals surface area contributed by atoms with Gasteiger partial charge in [-0.25, -0.2) is 9.97 Å². The van der Waals surface area contributed by atoms with Crippen molar-refractivity contribution >= 4 is 43.6 Å². The second-order valence-corrected chi connectivity index (χ2v) is 22.4. The summed E-state index contributed by atoms with van der Waals surface area (Å²) >= 11 is 0. The Morgan fingerprint density at radius 2 is 0.800 bits per heavy atom. The van der Waals surface area contributed by atoms with Crippen LogP contribution in [0.1, 0.15) is 76.3 Å². The second-order valence-electron chi connectivity index (χ2n) is 22.4. The summed E-state index contributed by atoms with van der Waals surface area (Å²) in [6.45, 7) is 13.4. The van der Waals surface area contributed by atoms with Crippen molar-refractivity contribution in [1.29, 1.82) is 0 Å². The van der Waals surface area contributed by atoms with Crippen LogP contribution in [0, 0.1) is 10.8 Å². The fourth-order valence-corrected chi connectivity index (χ4v) is 11.5. The number of unbranched alkanes of at least 4 members (excludes halogenated alkanes) is 4. The lowest BCUT2D eigenvalue weighted by molar-refractivity contribution is -0.150. The van der Waals surface area contributed by atoms with Crippen molar-refractivity contribution < 1.29 is 28.4 Å². The molecule has 10 aromatic rings. The molecule has 10 nitrogen and oxygen atoms in total. The van der Waals surface area contributed by atoms with Crippen LogP contribution in [0.3, 0.4) is 0 Å². The fourth-order valence-electron chi connectivity index (χ4n) is 11.5. The van der Waals surface area contributed by atoms with E-state index < -0.39 is 0 Å². The normalized spacial score (nSPS) is 14.8. The zero-order valence-corrected chi connectivity index (χ0v) is 46.5. The van der Waals surface area contributed by atoms with Crippen molar-refractivity contribution in [3.05, 3.63) is 181 Å². The van der Waals surface area contributed by atoms with E-state index in [0.717, 1.165) is 183 Å². The Hall–Kier alpha value is -7.02. The zero-order chi connectivity index (χ0) is 54.1. The van der Waals surface area contributed by atoms with E-state index in [-0.39, 0.29) is 10.8 Å². The number of fused-ring (bicyclic) bond motifs is 6. The molecule has 10 heteroatoms. The molecule has 0 unspecified atom stereocenters. The summed E-state index contributed by atoms with van der Waals surface area (Å²) in [4.78, 5) is 10.7. The maximum absolute atomic E-state index is 6.38. The first-order valence-electron chi connectivity index (χ1n) is 29.2. The molecular weight excluding hydrogens is 993 g/mol. The predicted molar refractivity (Wildman–Crippen MR) is 323 cm³/mol. The first-order valence-corrected chi connectivity index (χ1v) is 29.2. The second kappa shape index (κ2) is 24.8. The van der Waals surface area contributed by atoms with E-state index in [4.69, 9.17) is 38.4 Å². The molecular formula is C70H74N4O6. The first kappa shape index (κ1) is 53.6. The molecule has 12 rings (SSSR count). The topological polar surface area (TPSA) is 91.0 Å². The molecule has 0 saturated carbocycles. The van der Waals surface area contributed by atoms with Crippen LogP contribution in [0.25, 0.3) is 88.9 Å².